The molecule has 1 aliphatic carbocycles. The zero-order chi connectivity index (χ0) is 18.7. The van der Waals surface area contributed by atoms with E-state index in [1.165, 1.54) is 44.5 Å². The van der Waals surface area contributed by atoms with E-state index < -0.39 is 0 Å². The van der Waals surface area contributed by atoms with Gasteiger partial charge in [0.25, 0.3) is 0 Å². The number of hydrogen-bond donors (Lipinski definition) is 2. The van der Waals surface area contributed by atoms with E-state index in [-0.39, 0.29) is 0 Å². The van der Waals surface area contributed by atoms with Crippen LogP contribution in [0.25, 0.3) is 11.1 Å². The fourth-order valence-corrected chi connectivity index (χ4v) is 4.01. The first kappa shape index (κ1) is 18.6. The summed E-state index contributed by atoms with van der Waals surface area (Å²) in [5.74, 6) is 0.543. The van der Waals surface area contributed by atoms with Gasteiger partial charge < -0.3 is 11.5 Å². The Bertz CT molecular complexity index is 858. The van der Waals surface area contributed by atoms with E-state index in [0.29, 0.717) is 19.0 Å². The normalized spacial score (nSPS) is 15.7. The van der Waals surface area contributed by atoms with Crippen LogP contribution in [0.2, 0.25) is 0 Å². The molecule has 26 heavy (non-hydrogen) atoms. The second kappa shape index (κ2) is 8.03. The monoisotopic (exact) mass is 346 g/mol. The predicted molar refractivity (Wildman–Crippen MR) is 112 cm³/mol. The molecule has 0 aromatic heterocycles. The molecule has 0 radical (unpaired) electrons. The molecule has 2 aromatic rings. The van der Waals surface area contributed by atoms with Gasteiger partial charge in [-0.25, -0.2) is 0 Å². The largest absolute Gasteiger partial charge is 0.326 e. The summed E-state index contributed by atoms with van der Waals surface area (Å²) >= 11 is 0. The molecule has 0 heterocycles. The maximum absolute atomic E-state index is 5.91. The van der Waals surface area contributed by atoms with Crippen LogP contribution in [0.15, 0.2) is 59.7 Å². The summed E-state index contributed by atoms with van der Waals surface area (Å²) in [6.07, 6.45) is 2.15. The Balaban J connectivity index is 2.22. The molecule has 0 bridgehead atoms. The molecule has 2 nitrogen and oxygen atoms in total. The summed E-state index contributed by atoms with van der Waals surface area (Å²) in [7, 11) is 0. The smallest absolute Gasteiger partial charge is 0.0178 e. The second-order valence-corrected chi connectivity index (χ2v) is 7.34. The lowest BCUT2D eigenvalue weighted by molar-refractivity contribution is 0.669. The van der Waals surface area contributed by atoms with Crippen molar-refractivity contribution < 1.29 is 0 Å². The standard InChI is InChI=1S/C24H30N2/c1-4-16(2)23-17(3)11-22(20-9-5-7-18(12-20)14-25)24(23)21-10-6-8-19(13-21)15-26/h5-10,12-13,16H,4,11,14-15,25-26H2,1-3H3. The fourth-order valence-electron chi connectivity index (χ4n) is 4.01. The van der Waals surface area contributed by atoms with E-state index in [1.54, 1.807) is 0 Å². The van der Waals surface area contributed by atoms with Gasteiger partial charge >= 0.3 is 0 Å². The molecule has 2 aromatic carbocycles. The number of hydrogen-bond acceptors (Lipinski definition) is 2. The SMILES string of the molecule is CCC(C)C1=C(C)CC(c2cccc(CN)c2)=C1c1cccc(CN)c1. The second-order valence-electron chi connectivity index (χ2n) is 7.34. The van der Waals surface area contributed by atoms with E-state index in [1.807, 2.05) is 0 Å². The van der Waals surface area contributed by atoms with Crippen LogP contribution in [-0.4, -0.2) is 0 Å². The van der Waals surface area contributed by atoms with Crippen molar-refractivity contribution in [2.45, 2.75) is 46.7 Å². The van der Waals surface area contributed by atoms with E-state index in [0.717, 1.165) is 12.8 Å². The predicted octanol–water partition coefficient (Wildman–Crippen LogP) is 5.28. The molecule has 0 saturated heterocycles. The van der Waals surface area contributed by atoms with Gasteiger partial charge in [0.05, 0.1) is 0 Å². The maximum Gasteiger partial charge on any atom is 0.0178 e. The molecule has 4 N–H and O–H groups in total. The third kappa shape index (κ3) is 3.53. The van der Waals surface area contributed by atoms with Crippen molar-refractivity contribution in [3.05, 3.63) is 81.9 Å². The van der Waals surface area contributed by atoms with Crippen molar-refractivity contribution in [2.75, 3.05) is 0 Å². The quantitative estimate of drug-likeness (QED) is 0.747. The lowest BCUT2D eigenvalue weighted by Gasteiger charge is -2.19. The third-order valence-corrected chi connectivity index (χ3v) is 5.54. The van der Waals surface area contributed by atoms with Crippen molar-refractivity contribution in [1.29, 1.82) is 0 Å². The highest BCUT2D eigenvalue weighted by Crippen LogP contribution is 2.47. The highest BCUT2D eigenvalue weighted by Gasteiger charge is 2.27. The molecule has 0 saturated carbocycles. The Morgan fingerprint density at radius 1 is 0.923 bits per heavy atom. The highest BCUT2D eigenvalue weighted by molar-refractivity contribution is 6.02. The van der Waals surface area contributed by atoms with Crippen LogP contribution in [0, 0.1) is 5.92 Å². The van der Waals surface area contributed by atoms with Crippen LogP contribution in [-0.2, 0) is 13.1 Å². The zero-order valence-corrected chi connectivity index (χ0v) is 16.2. The first-order chi connectivity index (χ1) is 12.6. The van der Waals surface area contributed by atoms with Gasteiger partial charge in [-0.15, -0.1) is 0 Å². The molecule has 2 heteroatoms. The Hall–Kier alpha value is -2.16. The number of rotatable bonds is 6. The first-order valence-electron chi connectivity index (χ1n) is 9.60. The van der Waals surface area contributed by atoms with Crippen LogP contribution in [0.4, 0.5) is 0 Å². The van der Waals surface area contributed by atoms with Gasteiger partial charge in [0.2, 0.25) is 0 Å². The lowest BCUT2D eigenvalue weighted by atomic mass is 9.85. The Kier molecular flexibility index (Phi) is 5.75. The average molecular weight is 347 g/mol. The van der Waals surface area contributed by atoms with E-state index in [9.17, 15) is 0 Å². The van der Waals surface area contributed by atoms with Gasteiger partial charge in [-0.1, -0.05) is 61.9 Å². The highest BCUT2D eigenvalue weighted by atomic mass is 14.5. The van der Waals surface area contributed by atoms with Gasteiger partial charge in [-0.3, -0.25) is 0 Å². The van der Waals surface area contributed by atoms with Crippen LogP contribution in [0.3, 0.4) is 0 Å². The maximum atomic E-state index is 5.91. The minimum absolute atomic E-state index is 0.543. The van der Waals surface area contributed by atoms with Crippen molar-refractivity contribution in [2.24, 2.45) is 17.4 Å². The fraction of sp³-hybridized carbons (Fsp3) is 0.333. The molecule has 0 fully saturated rings. The van der Waals surface area contributed by atoms with Gasteiger partial charge in [0.1, 0.15) is 0 Å². The Morgan fingerprint density at radius 2 is 1.50 bits per heavy atom. The van der Waals surface area contributed by atoms with E-state index >= 15 is 0 Å². The van der Waals surface area contributed by atoms with Crippen LogP contribution < -0.4 is 11.5 Å². The molecule has 136 valence electrons. The minimum atomic E-state index is 0.543. The van der Waals surface area contributed by atoms with Crippen molar-refractivity contribution in [3.63, 3.8) is 0 Å². The van der Waals surface area contributed by atoms with Gasteiger partial charge in [0, 0.05) is 13.1 Å². The van der Waals surface area contributed by atoms with Crippen molar-refractivity contribution >= 4 is 11.1 Å². The summed E-state index contributed by atoms with van der Waals surface area (Å²) in [4.78, 5) is 0. The van der Waals surface area contributed by atoms with Gasteiger partial charge in [0.15, 0.2) is 0 Å². The summed E-state index contributed by atoms with van der Waals surface area (Å²) in [5.41, 5.74) is 22.5. The number of nitrogens with two attached hydrogens (primary N) is 2. The Labute approximate surface area is 157 Å². The molecule has 0 amide bonds. The molecule has 0 aliphatic heterocycles. The van der Waals surface area contributed by atoms with E-state index in [4.69, 9.17) is 11.5 Å². The molecule has 0 spiro atoms. The summed E-state index contributed by atoms with van der Waals surface area (Å²) in [6.45, 7) is 8.04. The average Bonchev–Trinajstić information content (AvgIpc) is 3.04. The minimum Gasteiger partial charge on any atom is -0.326 e. The van der Waals surface area contributed by atoms with Gasteiger partial charge in [-0.2, -0.15) is 0 Å². The molecule has 1 unspecified atom stereocenters. The van der Waals surface area contributed by atoms with Gasteiger partial charge in [-0.05, 0) is 70.7 Å². The zero-order valence-electron chi connectivity index (χ0n) is 16.2. The third-order valence-electron chi connectivity index (χ3n) is 5.54. The Morgan fingerprint density at radius 3 is 2.08 bits per heavy atom. The molecule has 1 aliphatic rings. The van der Waals surface area contributed by atoms with Crippen molar-refractivity contribution in [3.8, 4) is 0 Å². The lowest BCUT2D eigenvalue weighted by Crippen LogP contribution is -2.03. The van der Waals surface area contributed by atoms with Crippen LogP contribution in [0.5, 0.6) is 0 Å². The molecule has 1 atom stereocenters. The molecule has 3 rings (SSSR count). The van der Waals surface area contributed by atoms with Crippen LogP contribution >= 0.6 is 0 Å². The van der Waals surface area contributed by atoms with E-state index in [2.05, 4.69) is 69.3 Å². The molecular formula is C24H30N2. The number of allylic oxidation sites excluding steroid dienone is 4. The van der Waals surface area contributed by atoms with Crippen LogP contribution in [0.1, 0.15) is 55.9 Å². The first-order valence-corrected chi connectivity index (χ1v) is 9.60. The topological polar surface area (TPSA) is 52.0 Å². The molecular weight excluding hydrogens is 316 g/mol. The summed E-state index contributed by atoms with van der Waals surface area (Å²) < 4.78 is 0. The van der Waals surface area contributed by atoms with Crippen molar-refractivity contribution in [1.82, 2.24) is 0 Å². The summed E-state index contributed by atoms with van der Waals surface area (Å²) in [6, 6.07) is 17.4. The number of benzene rings is 2. The summed E-state index contributed by atoms with van der Waals surface area (Å²) in [5, 5.41) is 0.